The highest BCUT2D eigenvalue weighted by Crippen LogP contribution is 2.14. The maximum atomic E-state index is 12.3. The van der Waals surface area contributed by atoms with Crippen molar-refractivity contribution in [1.82, 2.24) is 4.90 Å². The number of benzene rings is 1. The van der Waals surface area contributed by atoms with Crippen molar-refractivity contribution in [3.63, 3.8) is 0 Å². The van der Waals surface area contributed by atoms with Crippen LogP contribution in [0.25, 0.3) is 0 Å². The first-order chi connectivity index (χ1) is 9.36. The van der Waals surface area contributed by atoms with E-state index in [0.29, 0.717) is 5.56 Å². The molecule has 20 heavy (non-hydrogen) atoms. The van der Waals surface area contributed by atoms with E-state index in [2.05, 4.69) is 20.7 Å². The Labute approximate surface area is 126 Å². The lowest BCUT2D eigenvalue weighted by Crippen LogP contribution is -2.43. The summed E-state index contributed by atoms with van der Waals surface area (Å²) < 4.78 is 5.40. The van der Waals surface area contributed by atoms with E-state index in [1.165, 1.54) is 26.0 Å². The molecule has 0 aliphatic carbocycles. The smallest absolute Gasteiger partial charge is 0.308 e. The van der Waals surface area contributed by atoms with Crippen molar-refractivity contribution < 1.29 is 19.1 Å². The van der Waals surface area contributed by atoms with Crippen molar-refractivity contribution in [2.75, 3.05) is 14.2 Å². The fourth-order valence-corrected chi connectivity index (χ4v) is 2.00. The first-order valence-corrected chi connectivity index (χ1v) is 6.76. The van der Waals surface area contributed by atoms with Gasteiger partial charge < -0.3 is 9.64 Å². The van der Waals surface area contributed by atoms with Crippen LogP contribution < -0.4 is 0 Å². The van der Waals surface area contributed by atoms with Crippen LogP contribution >= 0.6 is 15.9 Å². The highest BCUT2D eigenvalue weighted by molar-refractivity contribution is 9.10. The second kappa shape index (κ2) is 7.19. The number of carbonyl (C=O) groups is 3. The molecule has 1 rings (SSSR count). The van der Waals surface area contributed by atoms with Gasteiger partial charge in [-0.1, -0.05) is 15.9 Å². The van der Waals surface area contributed by atoms with Crippen LogP contribution in [0.15, 0.2) is 28.7 Å². The Kier molecular flexibility index (Phi) is 5.88. The number of esters is 1. The summed E-state index contributed by atoms with van der Waals surface area (Å²) in [6.07, 6.45) is -0.148. The first kappa shape index (κ1) is 16.4. The van der Waals surface area contributed by atoms with E-state index in [-0.39, 0.29) is 18.1 Å². The van der Waals surface area contributed by atoms with Crippen LogP contribution in [0.5, 0.6) is 0 Å². The van der Waals surface area contributed by atoms with Gasteiger partial charge >= 0.3 is 5.97 Å². The number of hydrogen-bond acceptors (Lipinski definition) is 4. The molecule has 108 valence electrons. The highest BCUT2D eigenvalue weighted by Gasteiger charge is 2.27. The lowest BCUT2D eigenvalue weighted by atomic mass is 10.1. The van der Waals surface area contributed by atoms with Crippen LogP contribution in [-0.4, -0.2) is 42.8 Å². The van der Waals surface area contributed by atoms with E-state index < -0.39 is 12.0 Å². The molecule has 6 heteroatoms. The van der Waals surface area contributed by atoms with Gasteiger partial charge in [0, 0.05) is 17.1 Å². The molecule has 1 atom stereocenters. The second-order valence-corrected chi connectivity index (χ2v) is 5.25. The maximum Gasteiger partial charge on any atom is 0.308 e. The number of carbonyl (C=O) groups excluding carboxylic acids is 3. The quantitative estimate of drug-likeness (QED) is 0.769. The minimum Gasteiger partial charge on any atom is -0.469 e. The van der Waals surface area contributed by atoms with Crippen LogP contribution in [0.4, 0.5) is 0 Å². The molecule has 0 saturated carbocycles. The first-order valence-electron chi connectivity index (χ1n) is 5.96. The van der Waals surface area contributed by atoms with Crippen molar-refractivity contribution in [3.05, 3.63) is 34.3 Å². The van der Waals surface area contributed by atoms with Crippen molar-refractivity contribution in [2.45, 2.75) is 19.4 Å². The van der Waals surface area contributed by atoms with Gasteiger partial charge in [0.15, 0.2) is 5.78 Å². The summed E-state index contributed by atoms with van der Waals surface area (Å²) in [6, 6.07) is 5.96. The minimum absolute atomic E-state index is 0.148. The molecular weight excluding hydrogens is 326 g/mol. The third-order valence-corrected chi connectivity index (χ3v) is 3.46. The van der Waals surface area contributed by atoms with Crippen LogP contribution in [0.3, 0.4) is 0 Å². The summed E-state index contributed by atoms with van der Waals surface area (Å²) in [5, 5.41) is 0. The fraction of sp³-hybridized carbons (Fsp3) is 0.357. The molecule has 1 unspecified atom stereocenters. The fourth-order valence-electron chi connectivity index (χ4n) is 1.73. The van der Waals surface area contributed by atoms with Gasteiger partial charge in [0.25, 0.3) is 5.91 Å². The van der Waals surface area contributed by atoms with Gasteiger partial charge in [0.05, 0.1) is 13.5 Å². The zero-order valence-corrected chi connectivity index (χ0v) is 13.1. The number of rotatable bonds is 5. The topological polar surface area (TPSA) is 63.7 Å². The Balaban J connectivity index is 2.91. The van der Waals surface area contributed by atoms with Gasteiger partial charge in [-0.05, 0) is 31.2 Å². The van der Waals surface area contributed by atoms with Gasteiger partial charge in [0.1, 0.15) is 6.04 Å². The molecule has 0 radical (unpaired) electrons. The Morgan fingerprint density at radius 3 is 2.25 bits per heavy atom. The number of ether oxygens (including phenoxy) is 1. The second-order valence-electron chi connectivity index (χ2n) is 4.33. The average Bonchev–Trinajstić information content (AvgIpc) is 2.43. The molecule has 0 spiro atoms. The summed E-state index contributed by atoms with van der Waals surface area (Å²) >= 11 is 3.29. The van der Waals surface area contributed by atoms with Gasteiger partial charge in [-0.3, -0.25) is 14.4 Å². The molecule has 0 fully saturated rings. The van der Waals surface area contributed by atoms with Crippen LogP contribution in [0.2, 0.25) is 0 Å². The van der Waals surface area contributed by atoms with Gasteiger partial charge in [0.2, 0.25) is 0 Å². The largest absolute Gasteiger partial charge is 0.469 e. The molecule has 0 saturated heterocycles. The number of nitrogens with zero attached hydrogens (tertiary/aromatic N) is 1. The Hall–Kier alpha value is -1.69. The van der Waals surface area contributed by atoms with E-state index in [9.17, 15) is 14.4 Å². The Morgan fingerprint density at radius 2 is 1.80 bits per heavy atom. The van der Waals surface area contributed by atoms with E-state index in [0.717, 1.165) is 4.47 Å². The average molecular weight is 342 g/mol. The van der Waals surface area contributed by atoms with Crippen LogP contribution in [0, 0.1) is 0 Å². The lowest BCUT2D eigenvalue weighted by molar-refractivity contribution is -0.143. The summed E-state index contributed by atoms with van der Waals surface area (Å²) in [4.78, 5) is 36.5. The zero-order chi connectivity index (χ0) is 15.3. The molecule has 0 heterocycles. The molecule has 0 aliphatic heterocycles. The maximum absolute atomic E-state index is 12.3. The molecule has 0 bridgehead atoms. The van der Waals surface area contributed by atoms with E-state index >= 15 is 0 Å². The number of ketones is 1. The van der Waals surface area contributed by atoms with Crippen molar-refractivity contribution in [1.29, 1.82) is 0 Å². The predicted molar refractivity (Wildman–Crippen MR) is 77.3 cm³/mol. The molecular formula is C14H16BrNO4. The number of Topliss-reactive ketones (excluding diaryl/α,β-unsaturated/α-hetero) is 1. The normalized spacial score (nSPS) is 11.6. The lowest BCUT2D eigenvalue weighted by Gasteiger charge is -2.25. The van der Waals surface area contributed by atoms with E-state index in [4.69, 9.17) is 0 Å². The van der Waals surface area contributed by atoms with Crippen LogP contribution in [-0.2, 0) is 14.3 Å². The third kappa shape index (κ3) is 4.16. The predicted octanol–water partition coefficient (Wildman–Crippen LogP) is 2.04. The number of amides is 1. The molecule has 0 aromatic heterocycles. The van der Waals surface area contributed by atoms with Crippen LogP contribution in [0.1, 0.15) is 23.7 Å². The van der Waals surface area contributed by atoms with Gasteiger partial charge in [-0.25, -0.2) is 0 Å². The van der Waals surface area contributed by atoms with Crippen molar-refractivity contribution in [3.8, 4) is 0 Å². The molecule has 1 amide bonds. The Morgan fingerprint density at radius 1 is 1.25 bits per heavy atom. The van der Waals surface area contributed by atoms with E-state index in [1.807, 2.05) is 0 Å². The molecule has 1 aromatic carbocycles. The summed E-state index contributed by atoms with van der Waals surface area (Å²) in [6.45, 7) is 1.35. The monoisotopic (exact) mass is 341 g/mol. The third-order valence-electron chi connectivity index (χ3n) is 2.94. The van der Waals surface area contributed by atoms with Crippen molar-refractivity contribution in [2.24, 2.45) is 0 Å². The minimum atomic E-state index is -0.821. The summed E-state index contributed by atoms with van der Waals surface area (Å²) in [5.41, 5.74) is 0.451. The Bertz CT molecular complexity index is 512. The summed E-state index contributed by atoms with van der Waals surface area (Å²) in [7, 11) is 2.75. The zero-order valence-electron chi connectivity index (χ0n) is 11.6. The number of likely N-dealkylation sites (N-methyl/N-ethyl adjacent to an activating group) is 1. The van der Waals surface area contributed by atoms with Gasteiger partial charge in [-0.15, -0.1) is 0 Å². The molecule has 1 aromatic rings. The number of hydrogen-bond donors (Lipinski definition) is 0. The SMILES string of the molecule is COC(=O)CC(C(C)=O)N(C)C(=O)c1ccc(Br)cc1. The van der Waals surface area contributed by atoms with E-state index in [1.54, 1.807) is 24.3 Å². The molecule has 0 N–H and O–H groups in total. The number of halogens is 1. The van der Waals surface area contributed by atoms with Gasteiger partial charge in [-0.2, -0.15) is 0 Å². The molecule has 5 nitrogen and oxygen atoms in total. The molecule has 0 aliphatic rings. The highest BCUT2D eigenvalue weighted by atomic mass is 79.9. The van der Waals surface area contributed by atoms with Crippen molar-refractivity contribution >= 4 is 33.6 Å². The number of methoxy groups -OCH3 is 1. The standard InChI is InChI=1S/C14H16BrNO4/c1-9(17)12(8-13(18)20-3)16(2)14(19)10-4-6-11(15)7-5-10/h4-7,12H,8H2,1-3H3. The summed E-state index contributed by atoms with van der Waals surface area (Å²) in [5.74, 6) is -1.11.